The van der Waals surface area contributed by atoms with E-state index in [1.165, 1.54) is 30.8 Å². The number of rotatable bonds is 4. The van der Waals surface area contributed by atoms with E-state index in [2.05, 4.69) is 36.1 Å². The molecule has 0 bridgehead atoms. The number of aryl methyl sites for hydroxylation is 1. The zero-order valence-corrected chi connectivity index (χ0v) is 14.0. The van der Waals surface area contributed by atoms with Gasteiger partial charge in [-0.1, -0.05) is 6.92 Å². The van der Waals surface area contributed by atoms with Gasteiger partial charge in [-0.05, 0) is 68.7 Å². The molecule has 2 atom stereocenters. The van der Waals surface area contributed by atoms with Crippen molar-refractivity contribution in [2.75, 3.05) is 24.7 Å². The van der Waals surface area contributed by atoms with Crippen molar-refractivity contribution in [3.63, 3.8) is 0 Å². The minimum atomic E-state index is 0.142. The van der Waals surface area contributed by atoms with Crippen LogP contribution in [0.5, 0.6) is 0 Å². The topological polar surface area (TPSA) is 34.4 Å². The van der Waals surface area contributed by atoms with E-state index < -0.39 is 0 Å². The molecule has 3 nitrogen and oxygen atoms in total. The van der Waals surface area contributed by atoms with Crippen molar-refractivity contribution in [1.82, 2.24) is 5.32 Å². The Bertz CT molecular complexity index is 448. The fraction of sp³-hybridized carbons (Fsp3) is 0.765. The van der Waals surface area contributed by atoms with Crippen LogP contribution in [0.15, 0.2) is 16.5 Å². The zero-order chi connectivity index (χ0) is 14.7. The van der Waals surface area contributed by atoms with Crippen LogP contribution >= 0.6 is 11.8 Å². The highest BCUT2D eigenvalue weighted by atomic mass is 32.2. The average molecular weight is 309 g/mol. The van der Waals surface area contributed by atoms with E-state index in [1.807, 2.05) is 6.92 Å². The molecule has 0 saturated carbocycles. The van der Waals surface area contributed by atoms with Crippen LogP contribution in [0.25, 0.3) is 0 Å². The highest BCUT2D eigenvalue weighted by Gasteiger charge is 2.41. The molecule has 2 aliphatic heterocycles. The van der Waals surface area contributed by atoms with E-state index in [1.54, 1.807) is 0 Å². The van der Waals surface area contributed by atoms with Crippen LogP contribution in [0.2, 0.25) is 0 Å². The predicted octanol–water partition coefficient (Wildman–Crippen LogP) is 3.93. The van der Waals surface area contributed by atoms with E-state index in [0.717, 1.165) is 31.1 Å². The molecule has 3 rings (SSSR count). The van der Waals surface area contributed by atoms with E-state index in [-0.39, 0.29) is 5.60 Å². The lowest BCUT2D eigenvalue weighted by Gasteiger charge is -2.45. The van der Waals surface area contributed by atoms with Crippen LogP contribution in [-0.2, 0) is 4.74 Å². The van der Waals surface area contributed by atoms with Gasteiger partial charge in [0.1, 0.15) is 11.5 Å². The minimum Gasteiger partial charge on any atom is -0.465 e. The maximum absolute atomic E-state index is 6.23. The molecule has 1 aromatic heterocycles. The van der Waals surface area contributed by atoms with Crippen molar-refractivity contribution >= 4 is 11.8 Å². The molecule has 1 aromatic rings. The Morgan fingerprint density at radius 2 is 2.19 bits per heavy atom. The van der Waals surface area contributed by atoms with Crippen molar-refractivity contribution in [3.8, 4) is 0 Å². The molecule has 1 N–H and O–H groups in total. The van der Waals surface area contributed by atoms with E-state index in [9.17, 15) is 0 Å². The second-order valence-corrected chi connectivity index (χ2v) is 7.61. The van der Waals surface area contributed by atoms with Gasteiger partial charge in [-0.2, -0.15) is 11.8 Å². The standard InChI is InChI=1S/C17H27NO2S/c1-3-18-16(15-5-4-13(2)20-15)14-6-9-19-17(12-14)7-10-21-11-8-17/h4-5,14,16,18H,3,6-12H2,1-2H3. The van der Waals surface area contributed by atoms with Crippen LogP contribution in [0.1, 0.15) is 50.2 Å². The first kappa shape index (κ1) is 15.4. The van der Waals surface area contributed by atoms with Gasteiger partial charge in [-0.25, -0.2) is 0 Å². The summed E-state index contributed by atoms with van der Waals surface area (Å²) < 4.78 is 12.2. The lowest BCUT2D eigenvalue weighted by Crippen LogP contribution is -2.45. The summed E-state index contributed by atoms with van der Waals surface area (Å²) in [6, 6.07) is 4.55. The third kappa shape index (κ3) is 3.49. The normalized spacial score (nSPS) is 26.9. The summed E-state index contributed by atoms with van der Waals surface area (Å²) in [7, 11) is 0. The Kier molecular flexibility index (Phi) is 4.97. The molecule has 0 amide bonds. The molecule has 1 spiro atoms. The third-order valence-corrected chi connectivity index (χ3v) is 5.88. The molecule has 0 aromatic carbocycles. The Hall–Kier alpha value is -0.450. The van der Waals surface area contributed by atoms with Crippen molar-refractivity contribution in [2.45, 2.75) is 51.2 Å². The number of furan rings is 1. The van der Waals surface area contributed by atoms with Crippen molar-refractivity contribution in [2.24, 2.45) is 5.92 Å². The fourth-order valence-electron chi connectivity index (χ4n) is 3.78. The number of hydrogen-bond acceptors (Lipinski definition) is 4. The van der Waals surface area contributed by atoms with Crippen molar-refractivity contribution < 1.29 is 9.15 Å². The summed E-state index contributed by atoms with van der Waals surface area (Å²) in [5.41, 5.74) is 0.142. The minimum absolute atomic E-state index is 0.142. The zero-order valence-electron chi connectivity index (χ0n) is 13.2. The van der Waals surface area contributed by atoms with E-state index >= 15 is 0 Å². The quantitative estimate of drug-likeness (QED) is 0.914. The smallest absolute Gasteiger partial charge is 0.121 e. The first-order valence-electron chi connectivity index (χ1n) is 8.24. The van der Waals surface area contributed by atoms with Gasteiger partial charge in [0.05, 0.1) is 11.6 Å². The monoisotopic (exact) mass is 309 g/mol. The summed E-state index contributed by atoms with van der Waals surface area (Å²) in [4.78, 5) is 0. The molecule has 118 valence electrons. The average Bonchev–Trinajstić information content (AvgIpc) is 2.92. The van der Waals surface area contributed by atoms with Crippen LogP contribution < -0.4 is 5.32 Å². The largest absolute Gasteiger partial charge is 0.465 e. The van der Waals surface area contributed by atoms with Gasteiger partial charge in [0.25, 0.3) is 0 Å². The van der Waals surface area contributed by atoms with Gasteiger partial charge >= 0.3 is 0 Å². The fourth-order valence-corrected chi connectivity index (χ4v) is 5.02. The van der Waals surface area contributed by atoms with Crippen molar-refractivity contribution in [1.29, 1.82) is 0 Å². The second-order valence-electron chi connectivity index (χ2n) is 6.38. The van der Waals surface area contributed by atoms with Gasteiger partial charge in [-0.15, -0.1) is 0 Å². The first-order valence-corrected chi connectivity index (χ1v) is 9.39. The Labute approximate surface area is 132 Å². The molecule has 2 unspecified atom stereocenters. The molecule has 0 aliphatic carbocycles. The number of thioether (sulfide) groups is 1. The molecule has 3 heterocycles. The molecular formula is C17H27NO2S. The SMILES string of the molecule is CCNC(c1ccc(C)o1)C1CCOC2(CCSCC2)C1. The Morgan fingerprint density at radius 3 is 2.86 bits per heavy atom. The summed E-state index contributed by atoms with van der Waals surface area (Å²) in [5.74, 6) is 5.22. The molecule has 4 heteroatoms. The second kappa shape index (κ2) is 6.76. The van der Waals surface area contributed by atoms with Gasteiger partial charge in [0.15, 0.2) is 0 Å². The van der Waals surface area contributed by atoms with E-state index in [4.69, 9.17) is 9.15 Å². The molecule has 2 saturated heterocycles. The maximum Gasteiger partial charge on any atom is 0.121 e. The van der Waals surface area contributed by atoms with E-state index in [0.29, 0.717) is 12.0 Å². The highest BCUT2D eigenvalue weighted by Crippen LogP contribution is 2.43. The highest BCUT2D eigenvalue weighted by molar-refractivity contribution is 7.99. The summed E-state index contributed by atoms with van der Waals surface area (Å²) in [6.07, 6.45) is 4.73. The third-order valence-electron chi connectivity index (χ3n) is 4.90. The Morgan fingerprint density at radius 1 is 1.38 bits per heavy atom. The van der Waals surface area contributed by atoms with Gasteiger partial charge in [0.2, 0.25) is 0 Å². The molecule has 0 radical (unpaired) electrons. The van der Waals surface area contributed by atoms with Crippen LogP contribution in [0.4, 0.5) is 0 Å². The van der Waals surface area contributed by atoms with Gasteiger partial charge < -0.3 is 14.5 Å². The maximum atomic E-state index is 6.23. The van der Waals surface area contributed by atoms with Crippen LogP contribution in [0, 0.1) is 12.8 Å². The molecule has 2 aliphatic rings. The lowest BCUT2D eigenvalue weighted by molar-refractivity contribution is -0.108. The van der Waals surface area contributed by atoms with Crippen molar-refractivity contribution in [3.05, 3.63) is 23.7 Å². The molecular weight excluding hydrogens is 282 g/mol. The van der Waals surface area contributed by atoms with Gasteiger partial charge in [0, 0.05) is 6.61 Å². The van der Waals surface area contributed by atoms with Gasteiger partial charge in [-0.3, -0.25) is 0 Å². The molecule has 2 fully saturated rings. The predicted molar refractivity (Wildman–Crippen MR) is 87.8 cm³/mol. The summed E-state index contributed by atoms with van der Waals surface area (Å²) >= 11 is 2.07. The summed E-state index contributed by atoms with van der Waals surface area (Å²) in [6.45, 7) is 6.08. The Balaban J connectivity index is 1.75. The number of hydrogen-bond donors (Lipinski definition) is 1. The molecule has 21 heavy (non-hydrogen) atoms. The lowest BCUT2D eigenvalue weighted by atomic mass is 9.78. The number of ether oxygens (including phenoxy) is 1. The van der Waals surface area contributed by atoms with Crippen LogP contribution in [-0.4, -0.2) is 30.3 Å². The summed E-state index contributed by atoms with van der Waals surface area (Å²) in [5, 5.41) is 3.65. The number of nitrogens with one attached hydrogen (secondary N) is 1. The van der Waals surface area contributed by atoms with Crippen LogP contribution in [0.3, 0.4) is 0 Å². The first-order chi connectivity index (χ1) is 10.2.